The van der Waals surface area contributed by atoms with Gasteiger partial charge in [-0.1, -0.05) is 62.6 Å². The van der Waals surface area contributed by atoms with Crippen LogP contribution in [0.4, 0.5) is 4.79 Å². The Hall–Kier alpha value is -2.49. The highest BCUT2D eigenvalue weighted by atomic mass is 16.6. The Kier molecular flexibility index (Phi) is 6.16. The lowest BCUT2D eigenvalue weighted by atomic mass is 9.95. The van der Waals surface area contributed by atoms with Crippen molar-refractivity contribution >= 4 is 6.09 Å². The second-order valence-electron chi connectivity index (χ2n) is 6.82. The van der Waals surface area contributed by atoms with Gasteiger partial charge in [0.15, 0.2) is 0 Å². The molecule has 2 aromatic rings. The van der Waals surface area contributed by atoms with E-state index < -0.39 is 0 Å². The minimum Gasteiger partial charge on any atom is -0.457 e. The Balaban J connectivity index is 1.66. The molecule has 4 nitrogen and oxygen atoms in total. The van der Waals surface area contributed by atoms with Crippen molar-refractivity contribution in [2.75, 3.05) is 0 Å². The van der Waals surface area contributed by atoms with Crippen LogP contribution in [-0.2, 0) is 4.74 Å². The molecule has 0 aromatic heterocycles. The van der Waals surface area contributed by atoms with Gasteiger partial charge in [-0.3, -0.25) is 0 Å². The van der Waals surface area contributed by atoms with Crippen molar-refractivity contribution in [1.29, 1.82) is 0 Å². The fourth-order valence-electron chi connectivity index (χ4n) is 3.32. The van der Waals surface area contributed by atoms with Crippen LogP contribution in [0.3, 0.4) is 0 Å². The van der Waals surface area contributed by atoms with Gasteiger partial charge in [0.2, 0.25) is 0 Å². The van der Waals surface area contributed by atoms with Gasteiger partial charge in [0.05, 0.1) is 6.04 Å². The lowest BCUT2D eigenvalue weighted by Crippen LogP contribution is -2.33. The number of alkyl carbamates (subject to hydrolysis) is 1. The van der Waals surface area contributed by atoms with Gasteiger partial charge in [-0.25, -0.2) is 4.79 Å². The number of nitrogens with one attached hydrogen (secondary N) is 1. The quantitative estimate of drug-likeness (QED) is 0.624. The summed E-state index contributed by atoms with van der Waals surface area (Å²) in [5.74, 6) is 1.54. The SMILES string of the molecule is CCCCCCC(C)OC(=O)NC1c2ccccc2Oc2ccccc21. The Morgan fingerprint density at radius 2 is 1.65 bits per heavy atom. The minimum absolute atomic E-state index is 0.0859. The average Bonchev–Trinajstić information content (AvgIpc) is 2.65. The fraction of sp³-hybridized carbons (Fsp3) is 0.409. The third-order valence-electron chi connectivity index (χ3n) is 4.71. The first-order chi connectivity index (χ1) is 12.7. The Bertz CT molecular complexity index is 698. The molecule has 1 atom stereocenters. The van der Waals surface area contributed by atoms with E-state index in [1.807, 2.05) is 55.5 Å². The topological polar surface area (TPSA) is 47.6 Å². The number of hydrogen-bond acceptors (Lipinski definition) is 3. The predicted molar refractivity (Wildman–Crippen MR) is 103 cm³/mol. The van der Waals surface area contributed by atoms with Crippen LogP contribution in [0, 0.1) is 0 Å². The summed E-state index contributed by atoms with van der Waals surface area (Å²) in [4.78, 5) is 12.5. The molecule has 1 aliphatic heterocycles. The van der Waals surface area contributed by atoms with Crippen molar-refractivity contribution in [1.82, 2.24) is 5.32 Å². The predicted octanol–water partition coefficient (Wildman–Crippen LogP) is 5.97. The molecule has 2 aromatic carbocycles. The molecule has 0 saturated heterocycles. The number of ether oxygens (including phenoxy) is 2. The maximum absolute atomic E-state index is 12.5. The molecular weight excluding hydrogens is 326 g/mol. The van der Waals surface area contributed by atoms with Gasteiger partial charge >= 0.3 is 6.09 Å². The maximum atomic E-state index is 12.5. The van der Waals surface area contributed by atoms with Crippen LogP contribution in [0.15, 0.2) is 48.5 Å². The molecule has 0 aliphatic carbocycles. The number of benzene rings is 2. The van der Waals surface area contributed by atoms with Crippen molar-refractivity contribution in [3.8, 4) is 11.5 Å². The number of amides is 1. The van der Waals surface area contributed by atoms with Gasteiger partial charge < -0.3 is 14.8 Å². The first kappa shape index (κ1) is 18.3. The Labute approximate surface area is 155 Å². The van der Waals surface area contributed by atoms with E-state index in [-0.39, 0.29) is 18.2 Å². The molecule has 4 heteroatoms. The number of carbonyl (C=O) groups excluding carboxylic acids is 1. The molecule has 1 unspecified atom stereocenters. The maximum Gasteiger partial charge on any atom is 0.408 e. The fourth-order valence-corrected chi connectivity index (χ4v) is 3.32. The molecular formula is C22H27NO3. The summed E-state index contributed by atoms with van der Waals surface area (Å²) in [6, 6.07) is 15.3. The van der Waals surface area contributed by atoms with E-state index in [9.17, 15) is 4.79 Å². The van der Waals surface area contributed by atoms with Gasteiger partial charge in [0, 0.05) is 11.1 Å². The van der Waals surface area contributed by atoms with Crippen LogP contribution in [-0.4, -0.2) is 12.2 Å². The lowest BCUT2D eigenvalue weighted by Gasteiger charge is -2.29. The summed E-state index contributed by atoms with van der Waals surface area (Å²) >= 11 is 0. The third-order valence-corrected chi connectivity index (χ3v) is 4.71. The third kappa shape index (κ3) is 4.37. The van der Waals surface area contributed by atoms with Gasteiger partial charge in [0.25, 0.3) is 0 Å². The number of carbonyl (C=O) groups is 1. The summed E-state index contributed by atoms with van der Waals surface area (Å²) in [5, 5.41) is 3.02. The second kappa shape index (κ2) is 8.75. The average molecular weight is 353 g/mol. The van der Waals surface area contributed by atoms with Crippen molar-refractivity contribution < 1.29 is 14.3 Å². The van der Waals surface area contributed by atoms with E-state index in [0.717, 1.165) is 35.5 Å². The van der Waals surface area contributed by atoms with Crippen molar-refractivity contribution in [3.05, 3.63) is 59.7 Å². The molecule has 3 rings (SSSR count). The van der Waals surface area contributed by atoms with Crippen LogP contribution in [0.1, 0.15) is 63.1 Å². The normalized spacial score (nSPS) is 13.9. The Morgan fingerprint density at radius 3 is 2.27 bits per heavy atom. The van der Waals surface area contributed by atoms with Gasteiger partial charge in [-0.2, -0.15) is 0 Å². The molecule has 1 N–H and O–H groups in total. The van der Waals surface area contributed by atoms with E-state index in [1.165, 1.54) is 19.3 Å². The standard InChI is InChI=1S/C22H27NO3/c1-3-4-5-6-11-16(2)25-22(24)23-21-17-12-7-9-14-19(17)26-20-15-10-8-13-18(20)21/h7-10,12-16,21H,3-6,11H2,1-2H3,(H,23,24). The van der Waals surface area contributed by atoms with Crippen molar-refractivity contribution in [3.63, 3.8) is 0 Å². The highest BCUT2D eigenvalue weighted by Gasteiger charge is 2.28. The van der Waals surface area contributed by atoms with Crippen LogP contribution in [0.5, 0.6) is 11.5 Å². The number of unbranched alkanes of at least 4 members (excludes halogenated alkanes) is 3. The Morgan fingerprint density at radius 1 is 1.04 bits per heavy atom. The van der Waals surface area contributed by atoms with E-state index in [4.69, 9.17) is 9.47 Å². The number of hydrogen-bond donors (Lipinski definition) is 1. The van der Waals surface area contributed by atoms with E-state index in [1.54, 1.807) is 0 Å². The van der Waals surface area contributed by atoms with Crippen molar-refractivity contribution in [2.45, 2.75) is 58.1 Å². The first-order valence-corrected chi connectivity index (χ1v) is 9.52. The van der Waals surface area contributed by atoms with Crippen LogP contribution in [0.2, 0.25) is 0 Å². The zero-order valence-corrected chi connectivity index (χ0v) is 15.5. The molecule has 1 aliphatic rings. The minimum atomic E-state index is -0.385. The molecule has 0 radical (unpaired) electrons. The zero-order valence-electron chi connectivity index (χ0n) is 15.5. The van der Waals surface area contributed by atoms with Gasteiger partial charge in [0.1, 0.15) is 17.6 Å². The zero-order chi connectivity index (χ0) is 18.4. The molecule has 138 valence electrons. The summed E-state index contributed by atoms with van der Waals surface area (Å²) in [6.45, 7) is 4.15. The largest absolute Gasteiger partial charge is 0.457 e. The first-order valence-electron chi connectivity index (χ1n) is 9.52. The summed E-state index contributed by atoms with van der Waals surface area (Å²) in [5.41, 5.74) is 1.89. The molecule has 0 spiro atoms. The van der Waals surface area contributed by atoms with Gasteiger partial charge in [-0.15, -0.1) is 0 Å². The van der Waals surface area contributed by atoms with E-state index >= 15 is 0 Å². The van der Waals surface area contributed by atoms with Crippen LogP contribution in [0.25, 0.3) is 0 Å². The van der Waals surface area contributed by atoms with E-state index in [2.05, 4.69) is 12.2 Å². The van der Waals surface area contributed by atoms with E-state index in [0.29, 0.717) is 0 Å². The molecule has 1 amide bonds. The summed E-state index contributed by atoms with van der Waals surface area (Å²) in [7, 11) is 0. The number of para-hydroxylation sites is 2. The van der Waals surface area contributed by atoms with Crippen molar-refractivity contribution in [2.24, 2.45) is 0 Å². The van der Waals surface area contributed by atoms with Gasteiger partial charge in [-0.05, 0) is 31.9 Å². The molecule has 0 saturated carbocycles. The molecule has 1 heterocycles. The molecule has 26 heavy (non-hydrogen) atoms. The summed E-state index contributed by atoms with van der Waals surface area (Å²) in [6.07, 6.45) is 5.14. The van der Waals surface area contributed by atoms with Crippen LogP contribution >= 0.6 is 0 Å². The molecule has 0 fully saturated rings. The summed E-state index contributed by atoms with van der Waals surface area (Å²) < 4.78 is 11.5. The van der Waals surface area contributed by atoms with Crippen LogP contribution < -0.4 is 10.1 Å². The smallest absolute Gasteiger partial charge is 0.408 e. The monoisotopic (exact) mass is 353 g/mol. The highest BCUT2D eigenvalue weighted by molar-refractivity contribution is 5.70. The molecule has 0 bridgehead atoms. The number of fused-ring (bicyclic) bond motifs is 2. The second-order valence-corrected chi connectivity index (χ2v) is 6.82. The highest BCUT2D eigenvalue weighted by Crippen LogP contribution is 2.42. The number of rotatable bonds is 7. The lowest BCUT2D eigenvalue weighted by molar-refractivity contribution is 0.0984.